The molecule has 1 aromatic carbocycles. The van der Waals surface area contributed by atoms with E-state index in [1.54, 1.807) is 24.6 Å². The minimum absolute atomic E-state index is 0.236. The van der Waals surface area contributed by atoms with E-state index in [-0.39, 0.29) is 5.95 Å². The van der Waals surface area contributed by atoms with E-state index in [4.69, 9.17) is 0 Å². The Morgan fingerprint density at radius 2 is 1.62 bits per heavy atom. The molecule has 0 saturated heterocycles. The Morgan fingerprint density at radius 1 is 1.06 bits per heavy atom. The van der Waals surface area contributed by atoms with Crippen LogP contribution < -0.4 is 19.5 Å². The molecule has 0 aliphatic carbocycles. The van der Waals surface area contributed by atoms with Gasteiger partial charge in [-0.05, 0) is 32.0 Å². The molecule has 2 rings (SSSR count). The Balaban J connectivity index is 2.15. The number of para-hydroxylation sites is 2. The Bertz CT molecular complexity index is 1080. The van der Waals surface area contributed by atoms with Crippen LogP contribution in [-0.2, 0) is 10.2 Å². The molecule has 1 unspecified atom stereocenters. The van der Waals surface area contributed by atoms with Crippen molar-refractivity contribution in [1.29, 1.82) is 0 Å². The predicted molar refractivity (Wildman–Crippen MR) is 99.2 cm³/mol. The normalized spacial score (nSPS) is 13.2. The van der Waals surface area contributed by atoms with E-state index in [2.05, 4.69) is 14.7 Å². The Labute approximate surface area is 177 Å². The number of nitrogens with one attached hydrogen (secondary N) is 3. The molecule has 0 spiro atoms. The number of aryl methyl sites for hydroxylation is 2. The third kappa shape index (κ3) is 6.86. The van der Waals surface area contributed by atoms with Gasteiger partial charge in [-0.1, -0.05) is 12.1 Å². The number of hydrogen-bond acceptors (Lipinski definition) is 6. The zero-order valence-corrected chi connectivity index (χ0v) is 17.0. The lowest BCUT2D eigenvalue weighted by molar-refractivity contribution is -0.304. The van der Waals surface area contributed by atoms with Gasteiger partial charge in [-0.2, -0.15) is 30.4 Å². The summed E-state index contributed by atoms with van der Waals surface area (Å²) in [5.41, 5.74) is 0.126. The molecule has 9 nitrogen and oxygen atoms in total. The van der Waals surface area contributed by atoms with Gasteiger partial charge < -0.3 is 4.74 Å². The number of amides is 2. The minimum Gasteiger partial charge on any atom is -0.428 e. The van der Waals surface area contributed by atoms with E-state index in [1.165, 1.54) is 4.72 Å². The van der Waals surface area contributed by atoms with Crippen LogP contribution in [0.2, 0.25) is 0 Å². The number of carbonyl (C=O) groups is 1. The summed E-state index contributed by atoms with van der Waals surface area (Å²) in [6.45, 7) is 3.17. The van der Waals surface area contributed by atoms with Crippen molar-refractivity contribution in [1.82, 2.24) is 14.7 Å². The number of carbonyl (C=O) groups excluding carboxylic acids is 1. The second kappa shape index (κ2) is 9.05. The number of alkyl halides is 6. The van der Waals surface area contributed by atoms with Crippen LogP contribution in [0.15, 0.2) is 30.3 Å². The molecule has 176 valence electrons. The van der Waals surface area contributed by atoms with Crippen molar-refractivity contribution in [3.8, 4) is 5.75 Å². The number of halogens is 6. The monoisotopic (exact) mass is 487 g/mol. The molecule has 2 aromatic rings. The SMILES string of the molecule is Cc1cc(C)nc(NC(=O)NS(=O)(=O)Nc2ccccc2OC(F)(F)C(F)C(F)(F)F)n1. The van der Waals surface area contributed by atoms with Crippen molar-refractivity contribution in [2.24, 2.45) is 0 Å². The third-order valence-corrected chi connectivity index (χ3v) is 4.34. The van der Waals surface area contributed by atoms with Crippen LogP contribution in [0.1, 0.15) is 11.4 Å². The summed E-state index contributed by atoms with van der Waals surface area (Å²) < 4.78 is 108. The average molecular weight is 487 g/mol. The quantitative estimate of drug-likeness (QED) is 0.515. The molecular formula is C16H15F6N5O4S. The van der Waals surface area contributed by atoms with Gasteiger partial charge in [-0.15, -0.1) is 0 Å². The summed E-state index contributed by atoms with van der Waals surface area (Å²) in [5, 5.41) is 2.03. The van der Waals surface area contributed by atoms with Crippen molar-refractivity contribution in [3.05, 3.63) is 41.7 Å². The van der Waals surface area contributed by atoms with Crippen LogP contribution in [0.4, 0.5) is 42.8 Å². The van der Waals surface area contributed by atoms with Crippen molar-refractivity contribution in [2.75, 3.05) is 10.0 Å². The van der Waals surface area contributed by atoms with Gasteiger partial charge in [0.1, 0.15) is 0 Å². The fourth-order valence-corrected chi connectivity index (χ4v) is 3.03. The van der Waals surface area contributed by atoms with Gasteiger partial charge >= 0.3 is 28.5 Å². The number of benzene rings is 1. The van der Waals surface area contributed by atoms with Crippen molar-refractivity contribution >= 4 is 27.9 Å². The minimum atomic E-state index is -5.94. The molecule has 0 bridgehead atoms. The van der Waals surface area contributed by atoms with Crippen molar-refractivity contribution in [2.45, 2.75) is 32.3 Å². The smallest absolute Gasteiger partial charge is 0.428 e. The van der Waals surface area contributed by atoms with Gasteiger partial charge in [0, 0.05) is 11.4 Å². The summed E-state index contributed by atoms with van der Waals surface area (Å²) in [7, 11) is -4.81. The number of aromatic nitrogens is 2. The summed E-state index contributed by atoms with van der Waals surface area (Å²) >= 11 is 0. The van der Waals surface area contributed by atoms with Gasteiger partial charge in [0.05, 0.1) is 5.69 Å². The second-order valence-corrected chi connectivity index (χ2v) is 7.62. The topological polar surface area (TPSA) is 122 Å². The number of rotatable bonds is 7. The first-order chi connectivity index (χ1) is 14.6. The van der Waals surface area contributed by atoms with Gasteiger partial charge in [0.25, 0.3) is 6.17 Å². The molecule has 1 atom stereocenters. The van der Waals surface area contributed by atoms with Gasteiger partial charge in [-0.3, -0.25) is 10.0 Å². The Hall–Kier alpha value is -3.30. The first-order valence-electron chi connectivity index (χ1n) is 8.39. The first kappa shape index (κ1) is 25.0. The third-order valence-electron chi connectivity index (χ3n) is 3.39. The Kier molecular flexibility index (Phi) is 7.06. The lowest BCUT2D eigenvalue weighted by Crippen LogP contribution is -2.45. The molecular weight excluding hydrogens is 472 g/mol. The average Bonchev–Trinajstić information content (AvgIpc) is 2.60. The van der Waals surface area contributed by atoms with Crippen LogP contribution in [-0.4, -0.2) is 42.9 Å². The van der Waals surface area contributed by atoms with E-state index in [0.717, 1.165) is 18.2 Å². The molecule has 2 amide bonds. The second-order valence-electron chi connectivity index (χ2n) is 6.20. The van der Waals surface area contributed by atoms with Gasteiger partial charge in [-0.25, -0.2) is 23.9 Å². The maximum atomic E-state index is 13.5. The number of ether oxygens (including phenoxy) is 1. The molecule has 0 aliphatic heterocycles. The fraction of sp³-hybridized carbons (Fsp3) is 0.312. The van der Waals surface area contributed by atoms with Crippen LogP contribution in [0, 0.1) is 13.8 Å². The highest BCUT2D eigenvalue weighted by atomic mass is 32.2. The summed E-state index contributed by atoms with van der Waals surface area (Å²) in [5.74, 6) is -1.37. The summed E-state index contributed by atoms with van der Waals surface area (Å²) in [6.07, 6.45) is -16.0. The number of hydrogen-bond donors (Lipinski definition) is 3. The zero-order chi connectivity index (χ0) is 24.3. The van der Waals surface area contributed by atoms with Crippen LogP contribution in [0.5, 0.6) is 5.75 Å². The van der Waals surface area contributed by atoms with E-state index in [0.29, 0.717) is 17.5 Å². The molecule has 1 aromatic heterocycles. The number of anilines is 2. The highest BCUT2D eigenvalue weighted by Crippen LogP contribution is 2.38. The lowest BCUT2D eigenvalue weighted by Gasteiger charge is -2.24. The number of nitrogens with zero attached hydrogens (tertiary/aromatic N) is 2. The first-order valence-corrected chi connectivity index (χ1v) is 9.88. The van der Waals surface area contributed by atoms with Crippen LogP contribution in [0.3, 0.4) is 0 Å². The molecule has 3 N–H and O–H groups in total. The van der Waals surface area contributed by atoms with E-state index >= 15 is 0 Å². The highest BCUT2D eigenvalue weighted by molar-refractivity contribution is 7.91. The highest BCUT2D eigenvalue weighted by Gasteiger charge is 2.59. The van der Waals surface area contributed by atoms with Gasteiger partial charge in [0.2, 0.25) is 5.95 Å². The van der Waals surface area contributed by atoms with E-state index in [9.17, 15) is 39.6 Å². The largest absolute Gasteiger partial charge is 0.439 e. The molecule has 32 heavy (non-hydrogen) atoms. The predicted octanol–water partition coefficient (Wildman–Crippen LogP) is 3.44. The Morgan fingerprint density at radius 3 is 2.19 bits per heavy atom. The molecule has 0 radical (unpaired) electrons. The van der Waals surface area contributed by atoms with E-state index in [1.807, 2.05) is 5.32 Å². The molecule has 0 saturated carbocycles. The van der Waals surface area contributed by atoms with Crippen LogP contribution in [0.25, 0.3) is 0 Å². The van der Waals surface area contributed by atoms with Crippen molar-refractivity contribution < 1.29 is 44.3 Å². The fourth-order valence-electron chi connectivity index (χ4n) is 2.23. The molecule has 0 fully saturated rings. The molecule has 16 heteroatoms. The summed E-state index contributed by atoms with van der Waals surface area (Å²) in [4.78, 5) is 19.6. The summed E-state index contributed by atoms with van der Waals surface area (Å²) in [6, 6.07) is 3.86. The zero-order valence-electron chi connectivity index (χ0n) is 16.2. The maximum Gasteiger partial charge on any atom is 0.439 e. The molecule has 1 heterocycles. The van der Waals surface area contributed by atoms with Crippen molar-refractivity contribution in [3.63, 3.8) is 0 Å². The van der Waals surface area contributed by atoms with E-state index < -0.39 is 46.1 Å². The number of urea groups is 1. The van der Waals surface area contributed by atoms with Crippen LogP contribution >= 0.6 is 0 Å². The standard InChI is InChI=1S/C16H15F6N5O4S/c1-8-7-9(2)24-13(23-8)25-14(28)27-32(29,30)26-10-5-3-4-6-11(10)31-16(21,22)12(17)15(18,19)20/h3-7,12,26H,1-2H3,(H2,23,24,25,27,28). The van der Waals surface area contributed by atoms with Gasteiger partial charge in [0.15, 0.2) is 5.75 Å². The maximum absolute atomic E-state index is 13.5. The lowest BCUT2D eigenvalue weighted by atomic mass is 10.3. The molecule has 0 aliphatic rings.